The number of Topliss-reactive ketones (excluding diaryl/α,β-unsaturated/α-hetero) is 1. The van der Waals surface area contributed by atoms with Gasteiger partial charge in [-0.3, -0.25) is 9.59 Å². The minimum Gasteiger partial charge on any atom is -0.481 e. The molecule has 20 heavy (non-hydrogen) atoms. The van der Waals surface area contributed by atoms with Crippen molar-refractivity contribution in [1.29, 1.82) is 0 Å². The summed E-state index contributed by atoms with van der Waals surface area (Å²) in [7, 11) is 0. The Morgan fingerprint density at radius 1 is 1.50 bits per heavy atom. The number of ketones is 1. The Morgan fingerprint density at radius 3 is 2.80 bits per heavy atom. The zero-order valence-corrected chi connectivity index (χ0v) is 11.3. The van der Waals surface area contributed by atoms with Crippen molar-refractivity contribution in [2.24, 2.45) is 23.2 Å². The van der Waals surface area contributed by atoms with E-state index in [4.69, 9.17) is 0 Å². The number of fused-ring (bicyclic) bond motifs is 1. The van der Waals surface area contributed by atoms with Gasteiger partial charge in [0, 0.05) is 11.3 Å². The molecule has 1 N–H and O–H groups in total. The third-order valence-electron chi connectivity index (χ3n) is 5.10. The molecule has 2 aliphatic carbocycles. The van der Waals surface area contributed by atoms with Gasteiger partial charge in [-0.25, -0.2) is 4.39 Å². The average Bonchev–Trinajstić information content (AvgIpc) is 2.98. The van der Waals surface area contributed by atoms with Crippen LogP contribution in [0.1, 0.15) is 25.3 Å². The van der Waals surface area contributed by atoms with E-state index < -0.39 is 17.3 Å². The highest BCUT2D eigenvalue weighted by atomic mass is 19.1. The molecule has 0 heterocycles. The van der Waals surface area contributed by atoms with Gasteiger partial charge in [0.05, 0.1) is 5.92 Å². The molecule has 1 aromatic carbocycles. The first-order valence-electron chi connectivity index (χ1n) is 7.02. The molecule has 0 radical (unpaired) electrons. The van der Waals surface area contributed by atoms with E-state index in [0.717, 1.165) is 5.56 Å². The van der Waals surface area contributed by atoms with Crippen LogP contribution in [0, 0.1) is 29.0 Å². The third kappa shape index (κ3) is 1.70. The lowest BCUT2D eigenvalue weighted by molar-refractivity contribution is -0.142. The van der Waals surface area contributed by atoms with Crippen LogP contribution in [0.3, 0.4) is 0 Å². The number of hydrogen-bond acceptors (Lipinski definition) is 2. The topological polar surface area (TPSA) is 54.4 Å². The molecule has 4 atom stereocenters. The van der Waals surface area contributed by atoms with Crippen LogP contribution in [0.25, 0.3) is 0 Å². The SMILES string of the molecule is CCC12C(=O)C(Cc3cccc(F)c3)CC1C2C(=O)O. The van der Waals surface area contributed by atoms with Crippen molar-refractivity contribution in [3.8, 4) is 0 Å². The summed E-state index contributed by atoms with van der Waals surface area (Å²) in [4.78, 5) is 23.7. The van der Waals surface area contributed by atoms with Gasteiger partial charge in [0.25, 0.3) is 0 Å². The minimum atomic E-state index is -0.852. The van der Waals surface area contributed by atoms with Crippen molar-refractivity contribution in [1.82, 2.24) is 0 Å². The number of carboxylic acid groups (broad SMARTS) is 1. The van der Waals surface area contributed by atoms with Gasteiger partial charge in [0.2, 0.25) is 0 Å². The Kier molecular flexibility index (Phi) is 2.92. The first-order valence-corrected chi connectivity index (χ1v) is 7.02. The molecule has 2 aliphatic rings. The van der Waals surface area contributed by atoms with Gasteiger partial charge in [0.1, 0.15) is 11.6 Å². The standard InChI is InChI=1S/C16H17FO3/c1-2-16-12(13(16)15(19)20)8-10(14(16)18)6-9-4-3-5-11(17)7-9/h3-5,7,10,12-13H,2,6,8H2,1H3,(H,19,20). The predicted octanol–water partition coefficient (Wildman–Crippen LogP) is 2.68. The molecule has 2 fully saturated rings. The quantitative estimate of drug-likeness (QED) is 0.920. The van der Waals surface area contributed by atoms with Gasteiger partial charge in [-0.1, -0.05) is 19.1 Å². The van der Waals surface area contributed by atoms with E-state index in [2.05, 4.69) is 0 Å². The predicted molar refractivity (Wildman–Crippen MR) is 70.6 cm³/mol. The second-order valence-corrected chi connectivity index (χ2v) is 5.95. The summed E-state index contributed by atoms with van der Waals surface area (Å²) in [6.45, 7) is 1.89. The third-order valence-corrected chi connectivity index (χ3v) is 5.10. The zero-order chi connectivity index (χ0) is 14.5. The number of benzene rings is 1. The van der Waals surface area contributed by atoms with E-state index in [1.54, 1.807) is 6.07 Å². The van der Waals surface area contributed by atoms with Crippen LogP contribution in [0.15, 0.2) is 24.3 Å². The Hall–Kier alpha value is -1.71. The van der Waals surface area contributed by atoms with Crippen LogP contribution in [0.5, 0.6) is 0 Å². The normalized spacial score (nSPS) is 34.9. The number of halogens is 1. The molecular weight excluding hydrogens is 259 g/mol. The number of carbonyl (C=O) groups is 2. The highest BCUT2D eigenvalue weighted by Gasteiger charge is 2.75. The van der Waals surface area contributed by atoms with Gasteiger partial charge in [-0.2, -0.15) is 0 Å². The van der Waals surface area contributed by atoms with E-state index in [9.17, 15) is 19.1 Å². The lowest BCUT2D eigenvalue weighted by atomic mass is 9.86. The van der Waals surface area contributed by atoms with Gasteiger partial charge in [-0.05, 0) is 42.9 Å². The number of hydrogen-bond donors (Lipinski definition) is 1. The molecule has 0 saturated heterocycles. The van der Waals surface area contributed by atoms with Crippen molar-refractivity contribution >= 4 is 11.8 Å². The van der Waals surface area contributed by atoms with E-state index in [-0.39, 0.29) is 23.4 Å². The maximum absolute atomic E-state index is 13.2. The van der Waals surface area contributed by atoms with E-state index >= 15 is 0 Å². The summed E-state index contributed by atoms with van der Waals surface area (Å²) in [5.41, 5.74) is 0.173. The van der Waals surface area contributed by atoms with Crippen LogP contribution in [-0.2, 0) is 16.0 Å². The smallest absolute Gasteiger partial charge is 0.307 e. The van der Waals surface area contributed by atoms with E-state index in [1.165, 1.54) is 12.1 Å². The fourth-order valence-corrected chi connectivity index (χ4v) is 4.17. The van der Waals surface area contributed by atoms with Crippen LogP contribution in [-0.4, -0.2) is 16.9 Å². The fourth-order valence-electron chi connectivity index (χ4n) is 4.17. The second-order valence-electron chi connectivity index (χ2n) is 5.95. The lowest BCUT2D eigenvalue weighted by Crippen LogP contribution is -2.26. The van der Waals surface area contributed by atoms with Gasteiger partial charge in [-0.15, -0.1) is 0 Å². The second kappa shape index (κ2) is 4.40. The zero-order valence-electron chi connectivity index (χ0n) is 11.3. The summed E-state index contributed by atoms with van der Waals surface area (Å²) < 4.78 is 13.2. The minimum absolute atomic E-state index is 0.0175. The molecule has 1 aromatic rings. The van der Waals surface area contributed by atoms with Crippen molar-refractivity contribution in [3.05, 3.63) is 35.6 Å². The van der Waals surface area contributed by atoms with Crippen LogP contribution < -0.4 is 0 Å². The number of rotatable bonds is 4. The molecule has 0 aromatic heterocycles. The molecule has 4 heteroatoms. The molecule has 106 valence electrons. The highest BCUT2D eigenvalue weighted by Crippen LogP contribution is 2.69. The van der Waals surface area contributed by atoms with Gasteiger partial charge >= 0.3 is 5.97 Å². The van der Waals surface area contributed by atoms with Crippen molar-refractivity contribution < 1.29 is 19.1 Å². The van der Waals surface area contributed by atoms with E-state index in [0.29, 0.717) is 19.3 Å². The molecule has 3 rings (SSSR count). The Morgan fingerprint density at radius 2 is 2.25 bits per heavy atom. The summed E-state index contributed by atoms with van der Waals surface area (Å²) in [5, 5.41) is 9.18. The molecule has 0 bridgehead atoms. The monoisotopic (exact) mass is 276 g/mol. The van der Waals surface area contributed by atoms with Gasteiger partial charge < -0.3 is 5.11 Å². The molecule has 0 amide bonds. The molecule has 0 spiro atoms. The Balaban J connectivity index is 1.77. The van der Waals surface area contributed by atoms with E-state index in [1.807, 2.05) is 13.0 Å². The number of carbonyl (C=O) groups excluding carboxylic acids is 1. The van der Waals surface area contributed by atoms with Gasteiger partial charge in [0.15, 0.2) is 0 Å². The number of aliphatic carboxylic acids is 1. The van der Waals surface area contributed by atoms with Crippen LogP contribution in [0.4, 0.5) is 4.39 Å². The first kappa shape index (κ1) is 13.3. The largest absolute Gasteiger partial charge is 0.481 e. The number of carboxylic acids is 1. The lowest BCUT2D eigenvalue weighted by Gasteiger charge is -2.16. The van der Waals surface area contributed by atoms with Crippen molar-refractivity contribution in [3.63, 3.8) is 0 Å². The van der Waals surface area contributed by atoms with Crippen LogP contribution >= 0.6 is 0 Å². The molecular formula is C16H17FO3. The summed E-state index contributed by atoms with van der Waals surface area (Å²) >= 11 is 0. The summed E-state index contributed by atoms with van der Waals surface area (Å²) in [6, 6.07) is 6.28. The van der Waals surface area contributed by atoms with Crippen molar-refractivity contribution in [2.45, 2.75) is 26.2 Å². The summed E-state index contributed by atoms with van der Waals surface area (Å²) in [6.07, 6.45) is 1.73. The fraction of sp³-hybridized carbons (Fsp3) is 0.500. The molecule has 0 aliphatic heterocycles. The maximum Gasteiger partial charge on any atom is 0.307 e. The van der Waals surface area contributed by atoms with Crippen LogP contribution in [0.2, 0.25) is 0 Å². The Labute approximate surface area is 116 Å². The molecule has 2 saturated carbocycles. The Bertz CT molecular complexity index is 583. The molecule has 3 nitrogen and oxygen atoms in total. The maximum atomic E-state index is 13.2. The van der Waals surface area contributed by atoms with Crippen molar-refractivity contribution in [2.75, 3.05) is 0 Å². The highest BCUT2D eigenvalue weighted by molar-refractivity contribution is 5.99. The first-order chi connectivity index (χ1) is 9.50. The molecule has 4 unspecified atom stereocenters. The summed E-state index contributed by atoms with van der Waals surface area (Å²) in [5.74, 6) is -1.75. The average molecular weight is 276 g/mol.